The second kappa shape index (κ2) is 14.2. The molecule has 1 aliphatic rings. The Labute approximate surface area is 233 Å². The number of rotatable bonds is 13. The van der Waals surface area contributed by atoms with Gasteiger partial charge in [0.15, 0.2) is 0 Å². The van der Waals surface area contributed by atoms with Crippen molar-refractivity contribution in [2.75, 3.05) is 32.5 Å². The van der Waals surface area contributed by atoms with E-state index in [1.165, 1.54) is 4.90 Å². The van der Waals surface area contributed by atoms with Crippen LogP contribution in [0.15, 0.2) is 59.6 Å². The molecule has 0 bridgehead atoms. The number of halogens is 2. The smallest absolute Gasteiger partial charge is 0.303 e. The highest BCUT2D eigenvalue weighted by atomic mass is 35.5. The molecule has 5 nitrogen and oxygen atoms in total. The Balaban J connectivity index is 1.31. The fourth-order valence-corrected chi connectivity index (χ4v) is 6.41. The number of hydrogen-bond acceptors (Lipinski definition) is 5. The highest BCUT2D eigenvalue weighted by Gasteiger charge is 2.30. The number of carbonyl (C=O) groups is 1. The second-order valence-corrected chi connectivity index (χ2v) is 11.6. The quantitative estimate of drug-likeness (QED) is 0.171. The normalized spacial score (nSPS) is 18.9. The number of fused-ring (bicyclic) bond motifs is 1. The van der Waals surface area contributed by atoms with E-state index in [0.717, 1.165) is 60.6 Å². The predicted molar refractivity (Wildman–Crippen MR) is 153 cm³/mol. The molecule has 2 heterocycles. The number of ether oxygens (including phenoxy) is 1. The molecule has 1 aromatic heterocycles. The third kappa shape index (κ3) is 8.08. The molecule has 2 aromatic carbocycles. The Morgan fingerprint density at radius 2 is 2.03 bits per heavy atom. The number of benzene rings is 2. The molecule has 3 aromatic rings. The minimum atomic E-state index is -1.10. The van der Waals surface area contributed by atoms with Crippen molar-refractivity contribution in [3.8, 4) is 5.75 Å². The Kier molecular flexibility index (Phi) is 10.7. The lowest BCUT2D eigenvalue weighted by atomic mass is 9.79. The third-order valence-electron chi connectivity index (χ3n) is 7.52. The predicted octanol–water partition coefficient (Wildman–Crippen LogP) is 7.67. The molecule has 0 aliphatic carbocycles. The Morgan fingerprint density at radius 3 is 2.79 bits per heavy atom. The van der Waals surface area contributed by atoms with E-state index in [9.17, 15) is 9.90 Å². The number of alkyl halides is 1. The summed E-state index contributed by atoms with van der Waals surface area (Å²) in [6.45, 7) is 2.86. The first-order valence-corrected chi connectivity index (χ1v) is 14.7. The maximum Gasteiger partial charge on any atom is 0.303 e. The van der Waals surface area contributed by atoms with Gasteiger partial charge in [-0.05, 0) is 117 Å². The van der Waals surface area contributed by atoms with Gasteiger partial charge >= 0.3 is 5.97 Å². The van der Waals surface area contributed by atoms with Crippen LogP contribution in [0.1, 0.15) is 50.3 Å². The summed E-state index contributed by atoms with van der Waals surface area (Å²) in [7, 11) is 1.60. The molecule has 38 heavy (non-hydrogen) atoms. The molecule has 4 rings (SSSR count). The topological polar surface area (TPSA) is 62.7 Å². The molecule has 1 N–H and O–H groups in total. The van der Waals surface area contributed by atoms with Gasteiger partial charge in [0.05, 0.1) is 12.6 Å². The summed E-state index contributed by atoms with van der Waals surface area (Å²) >= 11 is 7.80. The lowest BCUT2D eigenvalue weighted by molar-refractivity contribution is -0.137. The van der Waals surface area contributed by atoms with Gasteiger partial charge in [-0.2, -0.15) is 0 Å². The van der Waals surface area contributed by atoms with Crippen molar-refractivity contribution in [2.24, 2.45) is 11.8 Å². The molecule has 1 aliphatic heterocycles. The molecule has 0 saturated carbocycles. The van der Waals surface area contributed by atoms with E-state index >= 15 is 4.39 Å². The fourth-order valence-electron chi connectivity index (χ4n) is 5.45. The lowest BCUT2D eigenvalue weighted by Gasteiger charge is -2.39. The highest BCUT2D eigenvalue weighted by Crippen LogP contribution is 2.36. The molecule has 1 saturated heterocycles. The summed E-state index contributed by atoms with van der Waals surface area (Å²) in [6.07, 6.45) is 4.58. The van der Waals surface area contributed by atoms with Crippen LogP contribution in [-0.2, 0) is 4.79 Å². The highest BCUT2D eigenvalue weighted by molar-refractivity contribution is 7.99. The van der Waals surface area contributed by atoms with Crippen LogP contribution in [0, 0.1) is 11.8 Å². The van der Waals surface area contributed by atoms with Gasteiger partial charge in [-0.25, -0.2) is 4.39 Å². The van der Waals surface area contributed by atoms with Crippen molar-refractivity contribution in [2.45, 2.75) is 49.6 Å². The van der Waals surface area contributed by atoms with Gasteiger partial charge in [0.2, 0.25) is 0 Å². The van der Waals surface area contributed by atoms with E-state index in [0.29, 0.717) is 30.1 Å². The maximum atomic E-state index is 15.6. The monoisotopic (exact) mass is 558 g/mol. The molecule has 2 unspecified atom stereocenters. The Morgan fingerprint density at radius 1 is 1.21 bits per heavy atom. The number of thioether (sulfide) groups is 1. The number of methoxy groups -OCH3 is 1. The zero-order valence-corrected chi connectivity index (χ0v) is 23.4. The zero-order valence-electron chi connectivity index (χ0n) is 21.8. The Bertz CT molecular complexity index is 1200. The minimum absolute atomic E-state index is 0.162. The molecule has 3 atom stereocenters. The number of carboxylic acid groups (broad SMARTS) is 1. The van der Waals surface area contributed by atoms with Gasteiger partial charge in [-0.3, -0.25) is 9.78 Å². The summed E-state index contributed by atoms with van der Waals surface area (Å²) in [4.78, 5) is 19.4. The standard InChI is InChI=1S/C30H36ClFN2O3S/c1-37-24-7-11-29-27(19-24)26(13-15-33-29)28(32)10-3-21-14-17-34(20-22(21)4-12-30(35)36)16-2-18-38-25-8-5-23(31)6-9-25/h5-9,11,13,15,19,21-22,28H,2-4,10,12,14,16-18,20H2,1H3,(H,35,36)/t21?,22?,28-/m0/s1. The van der Waals surface area contributed by atoms with Crippen LogP contribution in [0.4, 0.5) is 4.39 Å². The molecule has 0 radical (unpaired) electrons. The summed E-state index contributed by atoms with van der Waals surface area (Å²) in [6, 6.07) is 15.2. The van der Waals surface area contributed by atoms with Gasteiger partial charge in [0.1, 0.15) is 11.9 Å². The fraction of sp³-hybridized carbons (Fsp3) is 0.467. The number of carboxylic acids is 1. The summed E-state index contributed by atoms with van der Waals surface area (Å²) in [5, 5.41) is 10.8. The van der Waals surface area contributed by atoms with E-state index in [2.05, 4.69) is 9.88 Å². The van der Waals surface area contributed by atoms with Crippen molar-refractivity contribution >= 4 is 40.2 Å². The number of likely N-dealkylation sites (tertiary alicyclic amines) is 1. The van der Waals surface area contributed by atoms with Gasteiger partial charge in [-0.15, -0.1) is 11.8 Å². The van der Waals surface area contributed by atoms with Gasteiger partial charge in [-0.1, -0.05) is 11.6 Å². The summed E-state index contributed by atoms with van der Waals surface area (Å²) in [5.41, 5.74) is 1.40. The van der Waals surface area contributed by atoms with Crippen LogP contribution in [0.3, 0.4) is 0 Å². The van der Waals surface area contributed by atoms with Crippen LogP contribution in [-0.4, -0.2) is 53.5 Å². The van der Waals surface area contributed by atoms with E-state index in [1.807, 2.05) is 54.2 Å². The molecule has 0 spiro atoms. The van der Waals surface area contributed by atoms with E-state index < -0.39 is 12.1 Å². The number of aromatic nitrogens is 1. The number of pyridine rings is 1. The van der Waals surface area contributed by atoms with Crippen LogP contribution in [0.5, 0.6) is 5.75 Å². The average molecular weight is 559 g/mol. The molecule has 0 amide bonds. The van der Waals surface area contributed by atoms with Crippen LogP contribution in [0.2, 0.25) is 5.02 Å². The average Bonchev–Trinajstić information content (AvgIpc) is 2.93. The van der Waals surface area contributed by atoms with Crippen LogP contribution < -0.4 is 4.74 Å². The molecular formula is C30H36ClFN2O3S. The summed E-state index contributed by atoms with van der Waals surface area (Å²) < 4.78 is 20.9. The second-order valence-electron chi connectivity index (χ2n) is 10.0. The van der Waals surface area contributed by atoms with Crippen LogP contribution >= 0.6 is 23.4 Å². The largest absolute Gasteiger partial charge is 0.497 e. The van der Waals surface area contributed by atoms with Gasteiger partial charge in [0.25, 0.3) is 0 Å². The SMILES string of the molecule is COc1ccc2nccc([C@@H](F)CCC3CCN(CCCSc4ccc(Cl)cc4)CC3CCC(=O)O)c2c1. The first-order valence-electron chi connectivity index (χ1n) is 13.3. The number of aliphatic carboxylic acids is 1. The number of piperidine rings is 1. The van der Waals surface area contributed by atoms with Crippen molar-refractivity contribution in [1.82, 2.24) is 9.88 Å². The third-order valence-corrected chi connectivity index (χ3v) is 8.87. The van der Waals surface area contributed by atoms with Gasteiger partial charge < -0.3 is 14.7 Å². The summed E-state index contributed by atoms with van der Waals surface area (Å²) in [5.74, 6) is 1.54. The van der Waals surface area contributed by atoms with Crippen molar-refractivity contribution in [3.63, 3.8) is 0 Å². The number of nitrogens with zero attached hydrogens (tertiary/aromatic N) is 2. The number of hydrogen-bond donors (Lipinski definition) is 1. The van der Waals surface area contributed by atoms with Crippen molar-refractivity contribution < 1.29 is 19.0 Å². The molecular weight excluding hydrogens is 523 g/mol. The van der Waals surface area contributed by atoms with E-state index in [4.69, 9.17) is 16.3 Å². The molecule has 8 heteroatoms. The maximum absolute atomic E-state index is 15.6. The first kappa shape index (κ1) is 28.7. The lowest BCUT2D eigenvalue weighted by Crippen LogP contribution is -2.41. The van der Waals surface area contributed by atoms with Crippen molar-refractivity contribution in [1.29, 1.82) is 0 Å². The first-order chi connectivity index (χ1) is 18.4. The van der Waals surface area contributed by atoms with Crippen molar-refractivity contribution in [3.05, 3.63) is 65.3 Å². The molecule has 1 fully saturated rings. The van der Waals surface area contributed by atoms with Gasteiger partial charge in [0, 0.05) is 34.5 Å². The van der Waals surface area contributed by atoms with E-state index in [-0.39, 0.29) is 12.3 Å². The minimum Gasteiger partial charge on any atom is -0.497 e. The molecule has 204 valence electrons. The Hall–Kier alpha value is -2.35. The van der Waals surface area contributed by atoms with E-state index in [1.54, 1.807) is 19.4 Å². The van der Waals surface area contributed by atoms with Crippen LogP contribution in [0.25, 0.3) is 10.9 Å². The zero-order chi connectivity index (χ0) is 26.9.